The monoisotopic (exact) mass is 318 g/mol. The first-order valence-corrected chi connectivity index (χ1v) is 7.46. The minimum absolute atomic E-state index is 0.0650. The lowest BCUT2D eigenvalue weighted by Crippen LogP contribution is -2.25. The zero-order valence-electron chi connectivity index (χ0n) is 12.9. The number of aromatic nitrogens is 1. The zero-order chi connectivity index (χ0) is 16.8. The van der Waals surface area contributed by atoms with E-state index in [-0.39, 0.29) is 17.8 Å². The van der Waals surface area contributed by atoms with Gasteiger partial charge < -0.3 is 4.74 Å². The van der Waals surface area contributed by atoms with Crippen molar-refractivity contribution in [1.82, 2.24) is 4.57 Å². The highest BCUT2D eigenvalue weighted by atomic mass is 16.6. The summed E-state index contributed by atoms with van der Waals surface area (Å²) in [5, 5.41) is 11.3. The topological polar surface area (TPSA) is 91.4 Å². The fourth-order valence-corrected chi connectivity index (χ4v) is 2.28. The molecule has 0 aliphatic heterocycles. The van der Waals surface area contributed by atoms with Crippen LogP contribution in [0.4, 0.5) is 5.69 Å². The van der Waals surface area contributed by atoms with E-state index in [0.717, 1.165) is 19.3 Å². The predicted molar refractivity (Wildman–Crippen MR) is 85.3 cm³/mol. The molecule has 1 aromatic heterocycles. The van der Waals surface area contributed by atoms with Crippen LogP contribution in [-0.4, -0.2) is 22.1 Å². The molecule has 2 aromatic rings. The summed E-state index contributed by atoms with van der Waals surface area (Å²) >= 11 is 0. The fourth-order valence-electron chi connectivity index (χ4n) is 2.28. The molecule has 1 heterocycles. The standard InChI is InChI=1S/C16H18N2O5/c1-2-3-4-9-23-16(20)11-17-14-7-6-13(18(21)22)10-12(14)5-8-15(17)19/h5-8,10H,2-4,9,11H2,1H3. The normalized spacial score (nSPS) is 10.7. The lowest BCUT2D eigenvalue weighted by atomic mass is 10.2. The van der Waals surface area contributed by atoms with Gasteiger partial charge in [-0.25, -0.2) is 0 Å². The second-order valence-electron chi connectivity index (χ2n) is 5.19. The Morgan fingerprint density at radius 3 is 2.74 bits per heavy atom. The molecule has 0 fully saturated rings. The van der Waals surface area contributed by atoms with Crippen molar-refractivity contribution in [2.24, 2.45) is 0 Å². The Morgan fingerprint density at radius 1 is 1.26 bits per heavy atom. The largest absolute Gasteiger partial charge is 0.464 e. The van der Waals surface area contributed by atoms with Gasteiger partial charge >= 0.3 is 5.97 Å². The molecule has 0 amide bonds. The molecular weight excluding hydrogens is 300 g/mol. The van der Waals surface area contributed by atoms with Gasteiger partial charge in [0.05, 0.1) is 17.0 Å². The first kappa shape index (κ1) is 16.7. The van der Waals surface area contributed by atoms with Gasteiger partial charge in [-0.3, -0.25) is 24.3 Å². The molecule has 2 rings (SSSR count). The molecule has 7 nitrogen and oxygen atoms in total. The Kier molecular flexibility index (Phi) is 5.46. The first-order chi connectivity index (χ1) is 11.0. The fraction of sp³-hybridized carbons (Fsp3) is 0.375. The minimum Gasteiger partial charge on any atom is -0.464 e. The van der Waals surface area contributed by atoms with Crippen LogP contribution in [0.15, 0.2) is 35.1 Å². The van der Waals surface area contributed by atoms with Crippen LogP contribution < -0.4 is 5.56 Å². The van der Waals surface area contributed by atoms with E-state index in [4.69, 9.17) is 4.74 Å². The molecule has 0 radical (unpaired) electrons. The van der Waals surface area contributed by atoms with Gasteiger partial charge in [-0.05, 0) is 18.6 Å². The van der Waals surface area contributed by atoms with Crippen LogP contribution in [0.5, 0.6) is 0 Å². The minimum atomic E-state index is -0.503. The summed E-state index contributed by atoms with van der Waals surface area (Å²) in [6.07, 6.45) is 2.79. The average Bonchev–Trinajstić information content (AvgIpc) is 2.53. The molecular formula is C16H18N2O5. The van der Waals surface area contributed by atoms with Gasteiger partial charge in [-0.2, -0.15) is 0 Å². The van der Waals surface area contributed by atoms with Gasteiger partial charge in [0, 0.05) is 23.6 Å². The van der Waals surface area contributed by atoms with Gasteiger partial charge in [-0.15, -0.1) is 0 Å². The van der Waals surface area contributed by atoms with Crippen molar-refractivity contribution in [3.8, 4) is 0 Å². The van der Waals surface area contributed by atoms with Crippen molar-refractivity contribution in [3.05, 3.63) is 50.8 Å². The summed E-state index contributed by atoms with van der Waals surface area (Å²) in [4.78, 5) is 34.1. The summed E-state index contributed by atoms with van der Waals surface area (Å²) in [5.41, 5.74) is 0.0512. The lowest BCUT2D eigenvalue weighted by molar-refractivity contribution is -0.384. The van der Waals surface area contributed by atoms with Crippen molar-refractivity contribution in [1.29, 1.82) is 0 Å². The smallest absolute Gasteiger partial charge is 0.326 e. The number of ether oxygens (including phenoxy) is 1. The number of nitro benzene ring substituents is 1. The second-order valence-corrected chi connectivity index (χ2v) is 5.19. The van der Waals surface area contributed by atoms with Gasteiger partial charge in [0.25, 0.3) is 11.2 Å². The van der Waals surface area contributed by atoms with Crippen molar-refractivity contribution < 1.29 is 14.5 Å². The van der Waals surface area contributed by atoms with E-state index < -0.39 is 10.9 Å². The molecule has 0 spiro atoms. The molecule has 0 saturated heterocycles. The van der Waals surface area contributed by atoms with Crippen LogP contribution >= 0.6 is 0 Å². The molecule has 23 heavy (non-hydrogen) atoms. The first-order valence-electron chi connectivity index (χ1n) is 7.46. The van der Waals surface area contributed by atoms with Gasteiger partial charge in [0.2, 0.25) is 0 Å². The molecule has 1 aromatic carbocycles. The van der Waals surface area contributed by atoms with E-state index in [1.165, 1.54) is 34.9 Å². The van der Waals surface area contributed by atoms with Crippen LogP contribution in [-0.2, 0) is 16.1 Å². The zero-order valence-corrected chi connectivity index (χ0v) is 12.9. The number of nitrogens with zero attached hydrogens (tertiary/aromatic N) is 2. The summed E-state index contributed by atoms with van der Waals surface area (Å²) in [7, 11) is 0. The number of non-ortho nitro benzene ring substituents is 1. The SMILES string of the molecule is CCCCCOC(=O)Cn1c(=O)ccc2cc([N+](=O)[O-])ccc21. The number of hydrogen-bond acceptors (Lipinski definition) is 5. The summed E-state index contributed by atoms with van der Waals surface area (Å²) < 4.78 is 6.37. The van der Waals surface area contributed by atoms with Crippen LogP contribution in [0.25, 0.3) is 10.9 Å². The Hall–Kier alpha value is -2.70. The predicted octanol–water partition coefficient (Wildman–Crippen LogP) is 2.64. The third kappa shape index (κ3) is 4.15. The number of hydrogen-bond donors (Lipinski definition) is 0. The number of esters is 1. The summed E-state index contributed by atoms with van der Waals surface area (Å²) in [6.45, 7) is 2.18. The van der Waals surface area contributed by atoms with E-state index in [1.807, 2.05) is 0 Å². The van der Waals surface area contributed by atoms with E-state index >= 15 is 0 Å². The number of carbonyl (C=O) groups excluding carboxylic acids is 1. The molecule has 0 N–H and O–H groups in total. The molecule has 0 bridgehead atoms. The van der Waals surface area contributed by atoms with Crippen molar-refractivity contribution in [2.75, 3.05) is 6.61 Å². The lowest BCUT2D eigenvalue weighted by Gasteiger charge is -2.10. The van der Waals surface area contributed by atoms with Gasteiger partial charge in [0.1, 0.15) is 6.54 Å². The Labute approximate surface area is 132 Å². The Balaban J connectivity index is 2.22. The molecule has 0 atom stereocenters. The Bertz CT molecular complexity index is 782. The van der Waals surface area contributed by atoms with Gasteiger partial charge in [0.15, 0.2) is 0 Å². The van der Waals surface area contributed by atoms with Gasteiger partial charge in [-0.1, -0.05) is 19.8 Å². The summed E-state index contributed by atoms with van der Waals surface area (Å²) in [5.74, 6) is -0.492. The number of pyridine rings is 1. The van der Waals surface area contributed by atoms with Crippen LogP contribution in [0, 0.1) is 10.1 Å². The molecule has 0 saturated carbocycles. The maximum absolute atomic E-state index is 12.0. The quantitative estimate of drug-likeness (QED) is 0.339. The third-order valence-corrected chi connectivity index (χ3v) is 3.48. The summed E-state index contributed by atoms with van der Waals surface area (Å²) in [6, 6.07) is 6.95. The second kappa shape index (κ2) is 7.53. The third-order valence-electron chi connectivity index (χ3n) is 3.48. The van der Waals surface area contributed by atoms with E-state index in [2.05, 4.69) is 6.92 Å². The maximum atomic E-state index is 12.0. The van der Waals surface area contributed by atoms with Crippen molar-refractivity contribution in [3.63, 3.8) is 0 Å². The maximum Gasteiger partial charge on any atom is 0.326 e. The van der Waals surface area contributed by atoms with E-state index in [1.54, 1.807) is 0 Å². The van der Waals surface area contributed by atoms with E-state index in [0.29, 0.717) is 17.5 Å². The number of carbonyl (C=O) groups is 1. The molecule has 0 aliphatic rings. The molecule has 0 aliphatic carbocycles. The molecule has 122 valence electrons. The highest BCUT2D eigenvalue weighted by Gasteiger charge is 2.12. The average molecular weight is 318 g/mol. The number of nitro groups is 1. The van der Waals surface area contributed by atoms with Crippen molar-refractivity contribution in [2.45, 2.75) is 32.7 Å². The molecule has 7 heteroatoms. The number of rotatable bonds is 7. The highest BCUT2D eigenvalue weighted by molar-refractivity contribution is 5.82. The number of unbranched alkanes of at least 4 members (excludes halogenated alkanes) is 2. The number of fused-ring (bicyclic) bond motifs is 1. The van der Waals surface area contributed by atoms with Crippen LogP contribution in [0.3, 0.4) is 0 Å². The van der Waals surface area contributed by atoms with Crippen LogP contribution in [0.2, 0.25) is 0 Å². The van der Waals surface area contributed by atoms with Crippen molar-refractivity contribution >= 4 is 22.6 Å². The highest BCUT2D eigenvalue weighted by Crippen LogP contribution is 2.19. The van der Waals surface area contributed by atoms with E-state index in [9.17, 15) is 19.7 Å². The molecule has 0 unspecified atom stereocenters. The van der Waals surface area contributed by atoms with Crippen LogP contribution in [0.1, 0.15) is 26.2 Å². The number of benzene rings is 1. The Morgan fingerprint density at radius 2 is 2.04 bits per heavy atom.